The van der Waals surface area contributed by atoms with Gasteiger partial charge in [0.2, 0.25) is 0 Å². The number of unbranched alkanes of at least 4 members (excludes halogenated alkanes) is 1. The highest BCUT2D eigenvalue weighted by Crippen LogP contribution is 2.09. The van der Waals surface area contributed by atoms with Crippen LogP contribution in [0, 0.1) is 22.7 Å². The summed E-state index contributed by atoms with van der Waals surface area (Å²) in [5, 5.41) is 23.7. The number of urea groups is 2. The molecule has 2 N–H and O–H groups in total. The molecule has 2 aromatic rings. The maximum atomic E-state index is 13.2. The largest absolute Gasteiger partial charge is 0.467 e. The normalized spacial score (nSPS) is 11.5. The van der Waals surface area contributed by atoms with Crippen molar-refractivity contribution in [1.29, 1.82) is 10.5 Å². The average Bonchev–Trinajstić information content (AvgIpc) is 3.05. The molecular weight excluding hydrogens is 564 g/mol. The smallest absolute Gasteiger partial charge is 0.328 e. The van der Waals surface area contributed by atoms with Crippen molar-refractivity contribution in [3.63, 3.8) is 0 Å². The van der Waals surface area contributed by atoms with Gasteiger partial charge < -0.3 is 29.9 Å². The van der Waals surface area contributed by atoms with Gasteiger partial charge in [-0.1, -0.05) is 60.7 Å². The summed E-state index contributed by atoms with van der Waals surface area (Å²) in [5.74, 6) is -1.17. The molecule has 44 heavy (non-hydrogen) atoms. The minimum absolute atomic E-state index is 0.0992. The van der Waals surface area contributed by atoms with Gasteiger partial charge in [-0.25, -0.2) is 19.2 Å². The van der Waals surface area contributed by atoms with Crippen molar-refractivity contribution in [3.05, 3.63) is 71.8 Å². The maximum Gasteiger partial charge on any atom is 0.328 e. The Morgan fingerprint density at radius 3 is 1.34 bits per heavy atom. The molecular formula is C32H40N6O6. The van der Waals surface area contributed by atoms with Crippen molar-refractivity contribution >= 4 is 24.0 Å². The Morgan fingerprint density at radius 1 is 0.659 bits per heavy atom. The molecule has 2 aromatic carbocycles. The van der Waals surface area contributed by atoms with E-state index in [9.17, 15) is 19.2 Å². The molecule has 0 aromatic heterocycles. The van der Waals surface area contributed by atoms with Crippen LogP contribution in [0.3, 0.4) is 0 Å². The number of benzene rings is 2. The van der Waals surface area contributed by atoms with Crippen molar-refractivity contribution in [3.8, 4) is 12.1 Å². The van der Waals surface area contributed by atoms with E-state index in [-0.39, 0.29) is 51.9 Å². The fourth-order valence-electron chi connectivity index (χ4n) is 4.46. The first kappa shape index (κ1) is 35.1. The predicted octanol–water partition coefficient (Wildman–Crippen LogP) is 3.19. The van der Waals surface area contributed by atoms with Crippen molar-refractivity contribution in [2.24, 2.45) is 0 Å². The van der Waals surface area contributed by atoms with Crippen molar-refractivity contribution in [2.45, 2.75) is 50.6 Å². The molecule has 0 aliphatic heterocycles. The van der Waals surface area contributed by atoms with Crippen LogP contribution in [-0.2, 0) is 31.9 Å². The van der Waals surface area contributed by atoms with Crippen LogP contribution >= 0.6 is 0 Å². The number of nitrogens with one attached hydrogen (secondary N) is 2. The SMILES string of the molecule is COC(=O)[C@H](Cc1ccccc1)NC(=O)N(CCC#N)CCCCN(CCC#N)C(=O)N[C@@H](Cc1ccccc1)C(=O)OC. The van der Waals surface area contributed by atoms with E-state index in [1.807, 2.05) is 72.8 Å². The van der Waals surface area contributed by atoms with Gasteiger partial charge in [0.15, 0.2) is 0 Å². The number of hydrogen-bond donors (Lipinski definition) is 2. The number of ether oxygens (including phenoxy) is 2. The monoisotopic (exact) mass is 604 g/mol. The number of methoxy groups -OCH3 is 2. The van der Waals surface area contributed by atoms with Crippen LogP contribution in [0.5, 0.6) is 0 Å². The van der Waals surface area contributed by atoms with E-state index >= 15 is 0 Å². The lowest BCUT2D eigenvalue weighted by atomic mass is 10.1. The third kappa shape index (κ3) is 12.4. The minimum atomic E-state index is -0.914. The average molecular weight is 605 g/mol. The first-order valence-corrected chi connectivity index (χ1v) is 14.4. The summed E-state index contributed by atoms with van der Waals surface area (Å²) in [6.45, 7) is 0.833. The number of hydrogen-bond acceptors (Lipinski definition) is 8. The number of nitrogens with zero attached hydrogens (tertiary/aromatic N) is 4. The zero-order chi connectivity index (χ0) is 32.2. The number of rotatable bonds is 17. The topological polar surface area (TPSA) is 165 Å². The molecule has 2 atom stereocenters. The van der Waals surface area contributed by atoms with Crippen LogP contribution in [0.15, 0.2) is 60.7 Å². The summed E-state index contributed by atoms with van der Waals surface area (Å²) in [4.78, 5) is 54.0. The second-order valence-electron chi connectivity index (χ2n) is 9.93. The standard InChI is InChI=1S/C32H40N6O6/c1-43-29(39)27(23-25-13-5-3-6-14-25)35-31(41)37(21-11-17-33)19-9-10-20-38(22-12-18-34)32(42)36-28(30(40)44-2)24-26-15-7-4-8-16-26/h3-8,13-16,27-28H,9-12,19-24H2,1-2H3,(H,35,41)(H,36,42)/t27-,28-/m0/s1. The van der Waals surface area contributed by atoms with Crippen LogP contribution < -0.4 is 10.6 Å². The Bertz CT molecular complexity index is 1180. The van der Waals surface area contributed by atoms with Gasteiger partial charge in [0.25, 0.3) is 0 Å². The molecule has 2 rings (SSSR count). The second-order valence-corrected chi connectivity index (χ2v) is 9.93. The number of carbonyl (C=O) groups excluding carboxylic acids is 4. The van der Waals surface area contributed by atoms with Crippen LogP contribution in [0.2, 0.25) is 0 Å². The van der Waals surface area contributed by atoms with Gasteiger partial charge in [0.1, 0.15) is 12.1 Å². The van der Waals surface area contributed by atoms with Crippen molar-refractivity contribution in [1.82, 2.24) is 20.4 Å². The molecule has 0 saturated heterocycles. The third-order valence-corrected chi connectivity index (χ3v) is 6.80. The molecule has 234 valence electrons. The molecule has 12 heteroatoms. The van der Waals surface area contributed by atoms with Crippen LogP contribution in [0.25, 0.3) is 0 Å². The molecule has 0 saturated carbocycles. The van der Waals surface area contributed by atoms with Gasteiger partial charge in [0.05, 0.1) is 39.2 Å². The molecule has 0 aliphatic rings. The van der Waals surface area contributed by atoms with E-state index in [1.54, 1.807) is 0 Å². The third-order valence-electron chi connectivity index (χ3n) is 6.80. The number of esters is 2. The molecule has 0 radical (unpaired) electrons. The summed E-state index contributed by atoms with van der Waals surface area (Å²) in [7, 11) is 2.51. The zero-order valence-corrected chi connectivity index (χ0v) is 25.2. The highest BCUT2D eigenvalue weighted by atomic mass is 16.5. The Morgan fingerprint density at radius 2 is 1.02 bits per heavy atom. The van der Waals surface area contributed by atoms with Gasteiger partial charge in [-0.05, 0) is 24.0 Å². The Hall–Kier alpha value is -5.10. The molecule has 12 nitrogen and oxygen atoms in total. The number of carbonyl (C=O) groups is 4. The first-order valence-electron chi connectivity index (χ1n) is 14.4. The number of amides is 4. The van der Waals surface area contributed by atoms with Crippen molar-refractivity contribution in [2.75, 3.05) is 40.4 Å². The molecule has 0 aliphatic carbocycles. The zero-order valence-electron chi connectivity index (χ0n) is 25.2. The van der Waals surface area contributed by atoms with Crippen molar-refractivity contribution < 1.29 is 28.7 Å². The van der Waals surface area contributed by atoms with Crippen LogP contribution in [0.1, 0.15) is 36.8 Å². The summed E-state index contributed by atoms with van der Waals surface area (Å²) in [6, 6.07) is 19.7. The first-order chi connectivity index (χ1) is 21.3. The van der Waals surface area contributed by atoms with E-state index < -0.39 is 36.1 Å². The molecule has 0 fully saturated rings. The summed E-state index contributed by atoms with van der Waals surface area (Å²) < 4.78 is 9.78. The van der Waals surface area contributed by atoms with Gasteiger partial charge in [-0.3, -0.25) is 0 Å². The van der Waals surface area contributed by atoms with Gasteiger partial charge in [0, 0.05) is 39.0 Å². The number of nitriles is 2. The fraction of sp³-hybridized carbons (Fsp3) is 0.438. The van der Waals surface area contributed by atoms with Gasteiger partial charge in [-0.15, -0.1) is 0 Å². The maximum absolute atomic E-state index is 13.2. The summed E-state index contributed by atoms with van der Waals surface area (Å²) in [5.41, 5.74) is 1.70. The van der Waals surface area contributed by atoms with E-state index in [2.05, 4.69) is 10.6 Å². The highest BCUT2D eigenvalue weighted by Gasteiger charge is 2.26. The highest BCUT2D eigenvalue weighted by molar-refractivity contribution is 5.84. The van der Waals surface area contributed by atoms with Crippen LogP contribution in [-0.4, -0.2) is 86.3 Å². The molecule has 0 bridgehead atoms. The lowest BCUT2D eigenvalue weighted by molar-refractivity contribution is -0.143. The minimum Gasteiger partial charge on any atom is -0.467 e. The molecule has 0 spiro atoms. The van der Waals surface area contributed by atoms with E-state index in [0.29, 0.717) is 12.8 Å². The van der Waals surface area contributed by atoms with E-state index in [4.69, 9.17) is 20.0 Å². The molecule has 0 unspecified atom stereocenters. The quantitative estimate of drug-likeness (QED) is 0.205. The second kappa shape index (κ2) is 19.9. The Balaban J connectivity index is 2.01. The van der Waals surface area contributed by atoms with Gasteiger partial charge >= 0.3 is 24.0 Å². The van der Waals surface area contributed by atoms with Crippen LogP contribution in [0.4, 0.5) is 9.59 Å². The summed E-state index contributed by atoms with van der Waals surface area (Å²) >= 11 is 0. The summed E-state index contributed by atoms with van der Waals surface area (Å²) in [6.07, 6.45) is 1.63. The Kier molecular flexibility index (Phi) is 15.9. The fourth-order valence-corrected chi connectivity index (χ4v) is 4.46. The molecule has 0 heterocycles. The van der Waals surface area contributed by atoms with E-state index in [0.717, 1.165) is 11.1 Å². The molecule has 4 amide bonds. The van der Waals surface area contributed by atoms with Gasteiger partial charge in [-0.2, -0.15) is 10.5 Å². The lowest BCUT2D eigenvalue weighted by Crippen LogP contribution is -2.50. The lowest BCUT2D eigenvalue weighted by Gasteiger charge is -2.27. The van der Waals surface area contributed by atoms with E-state index in [1.165, 1.54) is 24.0 Å². The predicted molar refractivity (Wildman–Crippen MR) is 162 cm³/mol. The Labute approximate surface area is 258 Å².